The third kappa shape index (κ3) is 10.3. The fourth-order valence-corrected chi connectivity index (χ4v) is 5.91. The second-order valence-corrected chi connectivity index (χ2v) is 12.8. The molecule has 6 rings (SSSR count). The van der Waals surface area contributed by atoms with E-state index in [1.54, 1.807) is 48.5 Å². The van der Waals surface area contributed by atoms with E-state index in [9.17, 15) is 24.0 Å². The van der Waals surface area contributed by atoms with Crippen molar-refractivity contribution in [1.29, 1.82) is 0 Å². The van der Waals surface area contributed by atoms with Crippen LogP contribution in [-0.4, -0.2) is 65.3 Å². The summed E-state index contributed by atoms with van der Waals surface area (Å²) < 4.78 is 48.3. The Morgan fingerprint density at radius 2 is 0.714 bits per heavy atom. The van der Waals surface area contributed by atoms with E-state index in [-0.39, 0.29) is 62.3 Å². The summed E-state index contributed by atoms with van der Waals surface area (Å²) in [5.74, 6) is -2.07. The van der Waals surface area contributed by atoms with Crippen LogP contribution in [0.15, 0.2) is 126 Å². The van der Waals surface area contributed by atoms with E-state index in [1.165, 1.54) is 102 Å². The lowest BCUT2D eigenvalue weighted by Crippen LogP contribution is -2.13. The number of carbonyl (C=O) groups is 5. The molecule has 63 heavy (non-hydrogen) atoms. The maximum Gasteiger partial charge on any atom is 0.347 e. The summed E-state index contributed by atoms with van der Waals surface area (Å²) in [6.45, 7) is 0. The Bertz CT molecular complexity index is 2730. The normalized spacial score (nSPS) is 10.3. The number of nitrogens with zero attached hydrogens (tertiary/aromatic N) is 3. The van der Waals surface area contributed by atoms with Gasteiger partial charge in [0, 0.05) is 23.1 Å². The van der Waals surface area contributed by atoms with Crippen LogP contribution in [0.5, 0.6) is 51.7 Å². The molecule has 17 nitrogen and oxygen atoms in total. The highest BCUT2D eigenvalue weighted by Crippen LogP contribution is 2.36. The highest BCUT2D eigenvalue weighted by molar-refractivity contribution is 6.02. The number of rotatable bonds is 15. The van der Waals surface area contributed by atoms with Crippen LogP contribution in [0.4, 0.5) is 0 Å². The summed E-state index contributed by atoms with van der Waals surface area (Å²) in [5.41, 5.74) is 10.4. The molecule has 0 radical (unpaired) electrons. The molecule has 318 valence electrons. The fraction of sp³-hybridized carbons (Fsp3) is 0.109. The minimum atomic E-state index is -0.973. The number of methoxy groups -OCH3 is 5. The number of amides is 1. The van der Waals surface area contributed by atoms with Crippen molar-refractivity contribution in [2.45, 2.75) is 0 Å². The van der Waals surface area contributed by atoms with Gasteiger partial charge < -0.3 is 42.6 Å². The first-order chi connectivity index (χ1) is 30.5. The summed E-state index contributed by atoms with van der Waals surface area (Å²) in [5, 5.41) is 3.05. The predicted molar refractivity (Wildman–Crippen MR) is 224 cm³/mol. The first-order valence-electron chi connectivity index (χ1n) is 18.4. The largest absolute Gasteiger partial charge is 0.496 e. The minimum Gasteiger partial charge on any atom is -0.496 e. The molecule has 0 aliphatic carbocycles. The third-order valence-electron chi connectivity index (χ3n) is 9.10. The van der Waals surface area contributed by atoms with Gasteiger partial charge in [0.15, 0.2) is 11.5 Å². The quantitative estimate of drug-likeness (QED) is 0.0310. The zero-order valence-corrected chi connectivity index (χ0v) is 34.1. The number of benzene rings is 6. The molecule has 0 spiro atoms. The zero-order chi connectivity index (χ0) is 45.0. The van der Waals surface area contributed by atoms with Gasteiger partial charge in [0.25, 0.3) is 5.91 Å². The monoisotopic (exact) mass is 853 g/mol. The number of hydrogen-bond acceptors (Lipinski definition) is 14. The molecule has 0 bridgehead atoms. The zero-order valence-electron chi connectivity index (χ0n) is 34.1. The van der Waals surface area contributed by atoms with Gasteiger partial charge in [0.05, 0.1) is 52.2 Å². The van der Waals surface area contributed by atoms with Crippen molar-refractivity contribution in [3.8, 4) is 62.9 Å². The van der Waals surface area contributed by atoms with Crippen LogP contribution in [0.25, 0.3) is 21.6 Å². The lowest BCUT2D eigenvalue weighted by molar-refractivity contribution is 0.0717. The molecule has 0 atom stereocenters. The first kappa shape index (κ1) is 43.8. The average molecular weight is 854 g/mol. The van der Waals surface area contributed by atoms with E-state index < -0.39 is 29.8 Å². The maximum absolute atomic E-state index is 13.0. The average Bonchev–Trinajstić information content (AvgIpc) is 3.31. The van der Waals surface area contributed by atoms with Crippen molar-refractivity contribution in [3.63, 3.8) is 0 Å². The number of azide groups is 1. The maximum atomic E-state index is 13.0. The third-order valence-corrected chi connectivity index (χ3v) is 9.10. The lowest BCUT2D eigenvalue weighted by atomic mass is 10.1. The summed E-state index contributed by atoms with van der Waals surface area (Å²) in [6, 6.07) is 30.3. The van der Waals surface area contributed by atoms with Gasteiger partial charge in [-0.2, -0.15) is 0 Å². The fourth-order valence-electron chi connectivity index (χ4n) is 5.91. The first-order valence-corrected chi connectivity index (χ1v) is 18.4. The van der Waals surface area contributed by atoms with Gasteiger partial charge >= 0.3 is 23.9 Å². The number of ether oxygens (including phenoxy) is 9. The second kappa shape index (κ2) is 20.0. The van der Waals surface area contributed by atoms with Crippen molar-refractivity contribution < 1.29 is 66.6 Å². The van der Waals surface area contributed by atoms with Crippen LogP contribution in [0, 0.1) is 0 Å². The van der Waals surface area contributed by atoms with Gasteiger partial charge in [0.2, 0.25) is 0 Å². The molecule has 0 aromatic heterocycles. The van der Waals surface area contributed by atoms with Crippen molar-refractivity contribution in [2.24, 2.45) is 5.11 Å². The number of carbonyl (C=O) groups excluding carboxylic acids is 5. The Kier molecular flexibility index (Phi) is 13.9. The molecular weight excluding hydrogens is 819 g/mol. The van der Waals surface area contributed by atoms with E-state index >= 15 is 0 Å². The molecule has 0 unspecified atom stereocenters. The number of esters is 4. The minimum absolute atomic E-state index is 0.0225. The van der Waals surface area contributed by atoms with Gasteiger partial charge in [-0.1, -0.05) is 24.3 Å². The van der Waals surface area contributed by atoms with E-state index in [2.05, 4.69) is 10.0 Å². The van der Waals surface area contributed by atoms with Gasteiger partial charge in [-0.15, -0.1) is 0 Å². The Labute approximate surface area is 358 Å². The molecule has 0 aliphatic rings. The van der Waals surface area contributed by atoms with Gasteiger partial charge in [-0.05, 0) is 101 Å². The standard InChI is InChI=1S/C46H35N3O14/c1-55-37-24-38(56-2)35(22-34(37)42(50)48-49-47)45(53)62-32-18-10-28(11-19-32)43(51)60-30-14-6-26(7-15-30)27-8-16-31(17-9-27)61-44(52)29-12-20-33(21-13-29)63-46(54)36-23-40(58-4)41(59-5)25-39(36)57-3/h6-25H,1-5H3. The van der Waals surface area contributed by atoms with E-state index in [1.807, 2.05) is 0 Å². The van der Waals surface area contributed by atoms with Crippen LogP contribution in [0.3, 0.4) is 0 Å². The van der Waals surface area contributed by atoms with Gasteiger partial charge in [0.1, 0.15) is 51.4 Å². The smallest absolute Gasteiger partial charge is 0.347 e. The molecule has 0 heterocycles. The molecule has 0 saturated heterocycles. The van der Waals surface area contributed by atoms with Crippen LogP contribution in [-0.2, 0) is 0 Å². The highest BCUT2D eigenvalue weighted by atomic mass is 16.6. The molecule has 0 N–H and O–H groups in total. The predicted octanol–water partition coefficient (Wildman–Crippen LogP) is 8.72. The number of hydrogen-bond donors (Lipinski definition) is 0. The Morgan fingerprint density at radius 3 is 1.10 bits per heavy atom. The Balaban J connectivity index is 1.02. The second-order valence-electron chi connectivity index (χ2n) is 12.8. The molecule has 6 aromatic carbocycles. The van der Waals surface area contributed by atoms with E-state index in [0.717, 1.165) is 17.2 Å². The van der Waals surface area contributed by atoms with Crippen molar-refractivity contribution in [2.75, 3.05) is 35.5 Å². The Morgan fingerprint density at radius 1 is 0.397 bits per heavy atom. The van der Waals surface area contributed by atoms with Gasteiger partial charge in [-0.3, -0.25) is 4.79 Å². The van der Waals surface area contributed by atoms with E-state index in [0.29, 0.717) is 17.2 Å². The van der Waals surface area contributed by atoms with Gasteiger partial charge in [-0.25, -0.2) is 19.2 Å². The van der Waals surface area contributed by atoms with Crippen molar-refractivity contribution in [3.05, 3.63) is 160 Å². The molecule has 1 amide bonds. The van der Waals surface area contributed by atoms with E-state index in [4.69, 9.17) is 48.2 Å². The van der Waals surface area contributed by atoms with Crippen molar-refractivity contribution >= 4 is 29.8 Å². The topological polar surface area (TPSA) is 217 Å². The molecule has 6 aromatic rings. The molecule has 0 aliphatic heterocycles. The molecular formula is C46H35N3O14. The van der Waals surface area contributed by atoms with Crippen LogP contribution >= 0.6 is 0 Å². The molecule has 0 saturated carbocycles. The van der Waals surface area contributed by atoms with Crippen molar-refractivity contribution in [1.82, 2.24) is 0 Å². The highest BCUT2D eigenvalue weighted by Gasteiger charge is 2.23. The summed E-state index contributed by atoms with van der Waals surface area (Å²) in [6.07, 6.45) is 0. The lowest BCUT2D eigenvalue weighted by Gasteiger charge is -2.13. The summed E-state index contributed by atoms with van der Waals surface area (Å²) >= 11 is 0. The van der Waals surface area contributed by atoms with Crippen LogP contribution in [0.2, 0.25) is 0 Å². The summed E-state index contributed by atoms with van der Waals surface area (Å²) in [7, 11) is 6.92. The Hall–Kier alpha value is -8.82. The van der Waals surface area contributed by atoms with Crippen LogP contribution in [0.1, 0.15) is 51.8 Å². The summed E-state index contributed by atoms with van der Waals surface area (Å²) in [4.78, 5) is 66.6. The molecule has 17 heteroatoms. The molecule has 0 fully saturated rings. The SMILES string of the molecule is COc1cc(OC)c(C(=O)Oc2ccc(C(=O)Oc3ccc(-c4ccc(OC(=O)c5ccc(OC(=O)c6cc(C(=O)N=[N+]=[N-])c(OC)cc6OC)cc5)cc4)cc3)cc2)cc1OC. The van der Waals surface area contributed by atoms with Crippen LogP contribution < -0.4 is 42.6 Å².